The normalized spacial score (nSPS) is 11.9. The molecule has 10 heteroatoms. The smallest absolute Gasteiger partial charge is 0.238 e. The fraction of sp³-hybridized carbons (Fsp3) is 0.214. The molecule has 0 aliphatic heterocycles. The number of benzene rings is 1. The molecular formula is C14H18N4O4S2. The highest BCUT2D eigenvalue weighted by molar-refractivity contribution is 7.92. The Morgan fingerprint density at radius 2 is 1.71 bits per heavy atom. The minimum atomic E-state index is -3.67. The van der Waals surface area contributed by atoms with E-state index in [2.05, 4.69) is 15.0 Å². The highest BCUT2D eigenvalue weighted by atomic mass is 32.2. The van der Waals surface area contributed by atoms with Crippen LogP contribution in [0.1, 0.15) is 5.56 Å². The number of aromatic nitrogens is 1. The van der Waals surface area contributed by atoms with Crippen LogP contribution in [0.3, 0.4) is 0 Å². The quantitative estimate of drug-likeness (QED) is 0.659. The van der Waals surface area contributed by atoms with E-state index in [0.29, 0.717) is 13.0 Å². The first-order valence-electron chi connectivity index (χ1n) is 6.93. The van der Waals surface area contributed by atoms with E-state index < -0.39 is 20.0 Å². The first kappa shape index (κ1) is 18.2. The molecule has 0 amide bonds. The summed E-state index contributed by atoms with van der Waals surface area (Å²) in [6.07, 6.45) is 3.26. The van der Waals surface area contributed by atoms with Gasteiger partial charge < -0.3 is 5.32 Å². The summed E-state index contributed by atoms with van der Waals surface area (Å²) in [6, 6.07) is 9.63. The van der Waals surface area contributed by atoms with E-state index in [1.165, 1.54) is 18.3 Å². The van der Waals surface area contributed by atoms with Crippen molar-refractivity contribution < 1.29 is 16.8 Å². The first-order chi connectivity index (χ1) is 11.1. The van der Waals surface area contributed by atoms with E-state index >= 15 is 0 Å². The predicted octanol–water partition coefficient (Wildman–Crippen LogP) is 0.755. The molecule has 0 unspecified atom stereocenters. The maximum absolute atomic E-state index is 11.2. The van der Waals surface area contributed by atoms with Gasteiger partial charge in [0.25, 0.3) is 0 Å². The molecule has 0 fully saturated rings. The van der Waals surface area contributed by atoms with Gasteiger partial charge in [-0.25, -0.2) is 27.0 Å². The van der Waals surface area contributed by atoms with Crippen molar-refractivity contribution in [2.45, 2.75) is 11.3 Å². The molecule has 0 atom stereocenters. The van der Waals surface area contributed by atoms with Crippen molar-refractivity contribution in [2.75, 3.05) is 22.8 Å². The molecule has 1 heterocycles. The van der Waals surface area contributed by atoms with Crippen LogP contribution in [0.2, 0.25) is 0 Å². The molecule has 130 valence electrons. The lowest BCUT2D eigenvalue weighted by molar-refractivity contribution is 0.597. The van der Waals surface area contributed by atoms with Crippen molar-refractivity contribution in [1.82, 2.24) is 4.98 Å². The van der Waals surface area contributed by atoms with Crippen LogP contribution >= 0.6 is 0 Å². The van der Waals surface area contributed by atoms with E-state index in [-0.39, 0.29) is 10.7 Å². The second kappa shape index (κ2) is 7.16. The van der Waals surface area contributed by atoms with Crippen LogP contribution in [0.5, 0.6) is 0 Å². The second-order valence-electron chi connectivity index (χ2n) is 5.17. The monoisotopic (exact) mass is 370 g/mol. The predicted molar refractivity (Wildman–Crippen MR) is 92.7 cm³/mol. The third-order valence-electron chi connectivity index (χ3n) is 3.05. The summed E-state index contributed by atoms with van der Waals surface area (Å²) in [4.78, 5) is 4.08. The minimum absolute atomic E-state index is 0.0809. The molecule has 4 N–H and O–H groups in total. The van der Waals surface area contributed by atoms with Crippen LogP contribution in [0, 0.1) is 0 Å². The maximum Gasteiger partial charge on any atom is 0.238 e. The Morgan fingerprint density at radius 3 is 2.21 bits per heavy atom. The molecule has 0 aliphatic carbocycles. The largest absolute Gasteiger partial charge is 0.383 e. The molecule has 8 nitrogen and oxygen atoms in total. The van der Waals surface area contributed by atoms with Crippen LogP contribution in [0.15, 0.2) is 47.5 Å². The number of nitrogens with two attached hydrogens (primary N) is 1. The first-order valence-corrected chi connectivity index (χ1v) is 10.4. The summed E-state index contributed by atoms with van der Waals surface area (Å²) < 4.78 is 46.8. The zero-order valence-electron chi connectivity index (χ0n) is 12.9. The van der Waals surface area contributed by atoms with E-state index in [4.69, 9.17) is 5.14 Å². The number of nitrogens with one attached hydrogen (secondary N) is 2. The Bertz CT molecular complexity index is 893. The molecule has 0 saturated carbocycles. The van der Waals surface area contributed by atoms with Gasteiger partial charge >= 0.3 is 0 Å². The van der Waals surface area contributed by atoms with Gasteiger partial charge in [-0.3, -0.25) is 4.72 Å². The van der Waals surface area contributed by atoms with Crippen LogP contribution in [0.4, 0.5) is 11.5 Å². The van der Waals surface area contributed by atoms with E-state index in [9.17, 15) is 16.8 Å². The lowest BCUT2D eigenvalue weighted by Gasteiger charge is -2.08. The van der Waals surface area contributed by atoms with Crippen molar-refractivity contribution in [3.63, 3.8) is 0 Å². The second-order valence-corrected chi connectivity index (χ2v) is 8.48. The third kappa shape index (κ3) is 5.80. The third-order valence-corrected chi connectivity index (χ3v) is 4.56. The highest BCUT2D eigenvalue weighted by Crippen LogP contribution is 2.12. The average molecular weight is 370 g/mol. The number of sulfonamides is 2. The van der Waals surface area contributed by atoms with Gasteiger partial charge in [0.05, 0.1) is 23.0 Å². The van der Waals surface area contributed by atoms with Crippen LogP contribution < -0.4 is 15.2 Å². The molecule has 0 saturated heterocycles. The van der Waals surface area contributed by atoms with E-state index in [0.717, 1.165) is 17.5 Å². The van der Waals surface area contributed by atoms with Crippen molar-refractivity contribution in [3.8, 4) is 0 Å². The van der Waals surface area contributed by atoms with Crippen molar-refractivity contribution in [3.05, 3.63) is 48.2 Å². The van der Waals surface area contributed by atoms with Crippen LogP contribution in [0.25, 0.3) is 0 Å². The van der Waals surface area contributed by atoms with Gasteiger partial charge in [0.1, 0.15) is 5.82 Å². The lowest BCUT2D eigenvalue weighted by atomic mass is 10.1. The Balaban J connectivity index is 1.88. The lowest BCUT2D eigenvalue weighted by Crippen LogP contribution is -2.12. The van der Waals surface area contributed by atoms with Crippen molar-refractivity contribution >= 4 is 31.6 Å². The molecule has 1 aromatic heterocycles. The molecule has 2 rings (SSSR count). The van der Waals surface area contributed by atoms with Crippen molar-refractivity contribution in [2.24, 2.45) is 5.14 Å². The van der Waals surface area contributed by atoms with Gasteiger partial charge in [0, 0.05) is 6.54 Å². The molecular weight excluding hydrogens is 352 g/mol. The summed E-state index contributed by atoms with van der Waals surface area (Å²) in [5.41, 5.74) is 1.70. The fourth-order valence-corrected chi connectivity index (χ4v) is 2.96. The number of rotatable bonds is 7. The Hall–Kier alpha value is -2.17. The standard InChI is InChI=1S/C14H18N4O4S2/c1-23(19,20)18-14-7-4-12(10-17-14)16-9-8-11-2-5-13(6-3-11)24(15,21)22/h2-7,10,16H,8-9H2,1H3,(H,17,18)(H2,15,21,22). The molecule has 0 bridgehead atoms. The Labute approximate surface area is 141 Å². The molecule has 1 aromatic carbocycles. The number of hydrogen-bond donors (Lipinski definition) is 3. The van der Waals surface area contributed by atoms with Gasteiger partial charge in [0.15, 0.2) is 0 Å². The van der Waals surface area contributed by atoms with E-state index in [1.54, 1.807) is 24.3 Å². The Morgan fingerprint density at radius 1 is 1.04 bits per heavy atom. The maximum atomic E-state index is 11.2. The number of pyridine rings is 1. The highest BCUT2D eigenvalue weighted by Gasteiger charge is 2.06. The van der Waals surface area contributed by atoms with Gasteiger partial charge in [0.2, 0.25) is 20.0 Å². The number of anilines is 2. The molecule has 0 radical (unpaired) electrons. The summed E-state index contributed by atoms with van der Waals surface area (Å²) in [5, 5.41) is 8.19. The summed E-state index contributed by atoms with van der Waals surface area (Å²) in [5.74, 6) is 0.252. The zero-order valence-corrected chi connectivity index (χ0v) is 14.6. The molecule has 2 aromatic rings. The molecule has 0 spiro atoms. The summed E-state index contributed by atoms with van der Waals surface area (Å²) in [6.45, 7) is 0.606. The number of nitrogens with zero attached hydrogens (tertiary/aromatic N) is 1. The molecule has 24 heavy (non-hydrogen) atoms. The number of primary sulfonamides is 1. The van der Waals surface area contributed by atoms with Gasteiger partial charge in [-0.15, -0.1) is 0 Å². The minimum Gasteiger partial charge on any atom is -0.383 e. The van der Waals surface area contributed by atoms with Crippen LogP contribution in [-0.2, 0) is 26.5 Å². The zero-order chi connectivity index (χ0) is 17.8. The van der Waals surface area contributed by atoms with E-state index in [1.807, 2.05) is 0 Å². The summed E-state index contributed by atoms with van der Waals surface area (Å²) in [7, 11) is -7.01. The van der Waals surface area contributed by atoms with Gasteiger partial charge in [-0.05, 0) is 36.2 Å². The average Bonchev–Trinajstić information content (AvgIpc) is 2.47. The molecule has 0 aliphatic rings. The SMILES string of the molecule is CS(=O)(=O)Nc1ccc(NCCc2ccc(S(N)(=O)=O)cc2)cn1. The van der Waals surface area contributed by atoms with Gasteiger partial charge in [-0.2, -0.15) is 0 Å². The Kier molecular flexibility index (Phi) is 5.42. The van der Waals surface area contributed by atoms with Crippen LogP contribution in [-0.4, -0.2) is 34.6 Å². The fourth-order valence-electron chi connectivity index (χ4n) is 1.95. The summed E-state index contributed by atoms with van der Waals surface area (Å²) >= 11 is 0. The van der Waals surface area contributed by atoms with Gasteiger partial charge in [-0.1, -0.05) is 12.1 Å². The van der Waals surface area contributed by atoms with Crippen molar-refractivity contribution in [1.29, 1.82) is 0 Å². The number of hydrogen-bond acceptors (Lipinski definition) is 6. The topological polar surface area (TPSA) is 131 Å².